The van der Waals surface area contributed by atoms with Crippen molar-refractivity contribution in [1.29, 1.82) is 5.26 Å². The summed E-state index contributed by atoms with van der Waals surface area (Å²) in [7, 11) is 2.13. The third-order valence-electron chi connectivity index (χ3n) is 6.36. The van der Waals surface area contributed by atoms with Gasteiger partial charge in [0.25, 0.3) is 5.91 Å². The van der Waals surface area contributed by atoms with Crippen LogP contribution in [0.15, 0.2) is 29.6 Å². The largest absolute Gasteiger partial charge is 0.346 e. The fraction of sp³-hybridized carbons (Fsp3) is 0.520. The lowest BCUT2D eigenvalue weighted by Crippen LogP contribution is -2.50. The van der Waals surface area contributed by atoms with Crippen LogP contribution >= 0.6 is 11.3 Å². The lowest BCUT2D eigenvalue weighted by molar-refractivity contribution is -0.123. The number of carbonyl (C=O) groups excluding carboxylic acids is 2. The number of hydrogen-bond donors (Lipinski definition) is 2. The third-order valence-corrected chi connectivity index (χ3v) is 7.27. The number of piperazine rings is 1. The van der Waals surface area contributed by atoms with E-state index in [1.165, 1.54) is 0 Å². The number of nitriles is 1. The van der Waals surface area contributed by atoms with Crippen LogP contribution < -0.4 is 15.5 Å². The SMILES string of the molecule is CC(C)C[C@H](NC(=O)c1ccc(-c2csc(N3CCN(C)CC3)n2)cc1)C(=O)NC1(C#N)CC1. The molecule has 2 aromatic rings. The van der Waals surface area contributed by atoms with Crippen LogP contribution in [0.25, 0.3) is 11.3 Å². The van der Waals surface area contributed by atoms with Gasteiger partial charge in [0.05, 0.1) is 11.8 Å². The smallest absolute Gasteiger partial charge is 0.251 e. The van der Waals surface area contributed by atoms with E-state index in [-0.39, 0.29) is 17.7 Å². The van der Waals surface area contributed by atoms with Crippen LogP contribution in [-0.4, -0.2) is 66.5 Å². The van der Waals surface area contributed by atoms with Crippen LogP contribution in [0.4, 0.5) is 5.13 Å². The number of thiazole rings is 1. The van der Waals surface area contributed by atoms with Crippen molar-refractivity contribution in [2.45, 2.75) is 44.7 Å². The number of nitrogens with one attached hydrogen (secondary N) is 2. The maximum Gasteiger partial charge on any atom is 0.251 e. The molecule has 9 heteroatoms. The highest BCUT2D eigenvalue weighted by Crippen LogP contribution is 2.34. The Balaban J connectivity index is 1.40. The Labute approximate surface area is 205 Å². The average Bonchev–Trinajstić information content (AvgIpc) is 3.42. The summed E-state index contributed by atoms with van der Waals surface area (Å²) in [5.74, 6) is -0.378. The maximum atomic E-state index is 12.9. The number of nitrogens with zero attached hydrogens (tertiary/aromatic N) is 4. The normalized spacial score (nSPS) is 18.3. The average molecular weight is 481 g/mol. The monoisotopic (exact) mass is 480 g/mol. The van der Waals surface area contributed by atoms with Gasteiger partial charge in [-0.15, -0.1) is 11.3 Å². The van der Waals surface area contributed by atoms with E-state index in [1.54, 1.807) is 23.5 Å². The van der Waals surface area contributed by atoms with E-state index in [1.807, 2.05) is 26.0 Å². The highest BCUT2D eigenvalue weighted by atomic mass is 32.1. The summed E-state index contributed by atoms with van der Waals surface area (Å²) >= 11 is 1.64. The summed E-state index contributed by atoms with van der Waals surface area (Å²) in [5, 5.41) is 18.0. The highest BCUT2D eigenvalue weighted by Gasteiger charge is 2.45. The van der Waals surface area contributed by atoms with Crippen LogP contribution in [0.1, 0.15) is 43.5 Å². The molecule has 1 atom stereocenters. The fourth-order valence-electron chi connectivity index (χ4n) is 3.99. The molecule has 1 saturated heterocycles. The quantitative estimate of drug-likeness (QED) is 0.603. The number of amides is 2. The van der Waals surface area contributed by atoms with Gasteiger partial charge in [-0.05, 0) is 44.4 Å². The second kappa shape index (κ2) is 10.1. The van der Waals surface area contributed by atoms with Gasteiger partial charge in [-0.3, -0.25) is 9.59 Å². The minimum absolute atomic E-state index is 0.217. The van der Waals surface area contributed by atoms with E-state index in [9.17, 15) is 14.9 Å². The molecule has 2 aliphatic rings. The Bertz CT molecular complexity index is 1060. The first-order valence-electron chi connectivity index (χ1n) is 11.8. The first-order chi connectivity index (χ1) is 16.3. The molecule has 0 spiro atoms. The molecule has 0 radical (unpaired) electrons. The van der Waals surface area contributed by atoms with Gasteiger partial charge in [-0.25, -0.2) is 4.98 Å². The van der Waals surface area contributed by atoms with Crippen molar-refractivity contribution in [3.63, 3.8) is 0 Å². The summed E-state index contributed by atoms with van der Waals surface area (Å²) < 4.78 is 0. The van der Waals surface area contributed by atoms with Gasteiger partial charge in [0.15, 0.2) is 5.13 Å². The van der Waals surface area contributed by atoms with E-state index >= 15 is 0 Å². The predicted octanol–water partition coefficient (Wildman–Crippen LogP) is 2.88. The number of likely N-dealkylation sites (N-methyl/N-ethyl adjacent to an activating group) is 1. The van der Waals surface area contributed by atoms with E-state index in [4.69, 9.17) is 4.98 Å². The van der Waals surface area contributed by atoms with Gasteiger partial charge in [-0.1, -0.05) is 26.0 Å². The molecule has 34 heavy (non-hydrogen) atoms. The summed E-state index contributed by atoms with van der Waals surface area (Å²) in [6.45, 7) is 8.02. The van der Waals surface area contributed by atoms with Gasteiger partial charge in [0.1, 0.15) is 11.6 Å². The third kappa shape index (κ3) is 5.75. The molecule has 1 saturated carbocycles. The zero-order valence-electron chi connectivity index (χ0n) is 20.0. The minimum atomic E-state index is -0.755. The fourth-order valence-corrected chi connectivity index (χ4v) is 4.88. The van der Waals surface area contributed by atoms with Crippen molar-refractivity contribution >= 4 is 28.3 Å². The van der Waals surface area contributed by atoms with E-state index in [2.05, 4.69) is 38.9 Å². The molecule has 0 unspecified atom stereocenters. The molecule has 4 rings (SSSR count). The Morgan fingerprint density at radius 3 is 2.44 bits per heavy atom. The number of anilines is 1. The summed E-state index contributed by atoms with van der Waals surface area (Å²) in [4.78, 5) is 35.1. The number of rotatable bonds is 8. The van der Waals surface area contributed by atoms with Crippen LogP contribution in [0.5, 0.6) is 0 Å². The van der Waals surface area contributed by atoms with Crippen molar-refractivity contribution in [3.8, 4) is 17.3 Å². The van der Waals surface area contributed by atoms with Gasteiger partial charge in [-0.2, -0.15) is 5.26 Å². The molecule has 1 aromatic heterocycles. The Morgan fingerprint density at radius 1 is 1.18 bits per heavy atom. The van der Waals surface area contributed by atoms with Gasteiger partial charge in [0, 0.05) is 42.7 Å². The van der Waals surface area contributed by atoms with Crippen molar-refractivity contribution in [2.75, 3.05) is 38.1 Å². The standard InChI is InChI=1S/C25H32N6O2S/c1-17(2)14-20(23(33)29-25(16-26)8-9-25)27-22(32)19-6-4-18(5-7-19)21-15-34-24(28-21)31-12-10-30(3)11-13-31/h4-7,15,17,20H,8-14H2,1-3H3,(H,27,32)(H,29,33)/t20-/m0/s1. The van der Waals surface area contributed by atoms with E-state index in [0.717, 1.165) is 42.6 Å². The summed E-state index contributed by atoms with van der Waals surface area (Å²) in [5.41, 5.74) is 1.58. The van der Waals surface area contributed by atoms with Crippen molar-refractivity contribution in [2.24, 2.45) is 5.92 Å². The maximum absolute atomic E-state index is 12.9. The van der Waals surface area contributed by atoms with E-state index < -0.39 is 11.6 Å². The molecule has 1 aliphatic carbocycles. The Hall–Kier alpha value is -2.96. The topological polar surface area (TPSA) is 101 Å². The van der Waals surface area contributed by atoms with Gasteiger partial charge < -0.3 is 20.4 Å². The predicted molar refractivity (Wildman–Crippen MR) is 134 cm³/mol. The number of benzene rings is 1. The number of carbonyl (C=O) groups is 2. The van der Waals surface area contributed by atoms with Crippen molar-refractivity contribution in [1.82, 2.24) is 20.5 Å². The second-order valence-electron chi connectivity index (χ2n) is 9.72. The molecule has 8 nitrogen and oxygen atoms in total. The minimum Gasteiger partial charge on any atom is -0.346 e. The first-order valence-corrected chi connectivity index (χ1v) is 12.7. The zero-order valence-corrected chi connectivity index (χ0v) is 20.8. The van der Waals surface area contributed by atoms with Crippen LogP contribution in [0.3, 0.4) is 0 Å². The molecule has 2 amide bonds. The first kappa shape index (κ1) is 24.2. The lowest BCUT2D eigenvalue weighted by atomic mass is 10.0. The van der Waals surface area contributed by atoms with Crippen LogP contribution in [0.2, 0.25) is 0 Å². The molecular formula is C25H32N6O2S. The second-order valence-corrected chi connectivity index (χ2v) is 10.6. The Morgan fingerprint density at radius 2 is 1.85 bits per heavy atom. The highest BCUT2D eigenvalue weighted by molar-refractivity contribution is 7.14. The van der Waals surface area contributed by atoms with Gasteiger partial charge in [0.2, 0.25) is 5.91 Å². The van der Waals surface area contributed by atoms with E-state index in [0.29, 0.717) is 24.8 Å². The molecule has 2 heterocycles. The van der Waals surface area contributed by atoms with Crippen LogP contribution in [-0.2, 0) is 4.79 Å². The summed E-state index contributed by atoms with van der Waals surface area (Å²) in [6, 6.07) is 8.81. The zero-order chi connectivity index (χ0) is 24.3. The van der Waals surface area contributed by atoms with Gasteiger partial charge >= 0.3 is 0 Å². The molecule has 0 bridgehead atoms. The molecule has 2 N–H and O–H groups in total. The molecule has 1 aliphatic heterocycles. The number of aromatic nitrogens is 1. The molecule has 180 valence electrons. The van der Waals surface area contributed by atoms with Crippen molar-refractivity contribution < 1.29 is 9.59 Å². The van der Waals surface area contributed by atoms with Crippen LogP contribution in [0, 0.1) is 17.2 Å². The molecule has 1 aromatic carbocycles. The number of hydrogen-bond acceptors (Lipinski definition) is 7. The van der Waals surface area contributed by atoms with Crippen molar-refractivity contribution in [3.05, 3.63) is 35.2 Å². The Kier molecular flexibility index (Phi) is 7.19. The lowest BCUT2D eigenvalue weighted by Gasteiger charge is -2.32. The molecular weight excluding hydrogens is 448 g/mol. The summed E-state index contributed by atoms with van der Waals surface area (Å²) in [6.07, 6.45) is 1.82. The molecule has 2 fully saturated rings.